The van der Waals surface area contributed by atoms with E-state index in [1.54, 1.807) is 0 Å². The highest BCUT2D eigenvalue weighted by molar-refractivity contribution is 6.30. The molecular weight excluding hydrogens is 114 g/mol. The zero-order chi connectivity index (χ0) is 5.98. The molecule has 1 rings (SSSR count). The summed E-state index contributed by atoms with van der Waals surface area (Å²) in [5, 5.41) is 0.894. The maximum Gasteiger partial charge on any atom is 0.0995 e. The normalized spacial score (nSPS) is 9.25. The molecule has 0 aliphatic carbocycles. The molecule has 0 aliphatic heterocycles. The van der Waals surface area contributed by atoms with E-state index in [2.05, 4.69) is 15.2 Å². The third-order valence-corrected chi connectivity index (χ3v) is 1.17. The third-order valence-electron chi connectivity index (χ3n) is 0.888. The maximum atomic E-state index is 4.09. The zero-order valence-corrected chi connectivity index (χ0v) is 5.68. The number of hydrogen-bond donors (Lipinski definition) is 0. The Morgan fingerprint density at radius 1 is 1.50 bits per heavy atom. The number of pyridine rings is 1. The predicted octanol–water partition coefficient (Wildman–Crippen LogP) is 0.184. The molecule has 1 aromatic rings. The molecular formula is C6H6NSi. The van der Waals surface area contributed by atoms with Crippen LogP contribution < -0.4 is 5.32 Å². The van der Waals surface area contributed by atoms with Gasteiger partial charge in [0.15, 0.2) is 0 Å². The molecule has 8 heavy (non-hydrogen) atoms. The van der Waals surface area contributed by atoms with E-state index in [0.29, 0.717) is 0 Å². The summed E-state index contributed by atoms with van der Waals surface area (Å²) in [6.07, 6.45) is 0. The van der Waals surface area contributed by atoms with Crippen molar-refractivity contribution in [2.75, 3.05) is 0 Å². The van der Waals surface area contributed by atoms with Gasteiger partial charge in [-0.2, -0.15) is 0 Å². The summed E-state index contributed by atoms with van der Waals surface area (Å²) in [5.41, 5.74) is 1.04. The van der Waals surface area contributed by atoms with Gasteiger partial charge in [0.25, 0.3) is 0 Å². The molecule has 0 aliphatic rings. The van der Waals surface area contributed by atoms with E-state index in [9.17, 15) is 0 Å². The highest BCUT2D eigenvalue weighted by Crippen LogP contribution is 1.83. The van der Waals surface area contributed by atoms with E-state index in [1.165, 1.54) is 0 Å². The van der Waals surface area contributed by atoms with Crippen LogP contribution in [0.4, 0.5) is 0 Å². The molecule has 2 heteroatoms. The summed E-state index contributed by atoms with van der Waals surface area (Å²) in [4.78, 5) is 4.09. The zero-order valence-electron chi connectivity index (χ0n) is 4.68. The lowest BCUT2D eigenvalue weighted by Crippen LogP contribution is -2.07. The largest absolute Gasteiger partial charge is 0.264 e. The lowest BCUT2D eigenvalue weighted by atomic mass is 10.4. The van der Waals surface area contributed by atoms with Crippen molar-refractivity contribution in [3.8, 4) is 0 Å². The molecule has 3 radical (unpaired) electrons. The molecule has 0 fully saturated rings. The standard InChI is InChI=1S/C6H6NSi/c1-5-3-2-4-6(8)7-5/h2-4H,1H3. The second kappa shape index (κ2) is 2.09. The molecule has 1 aromatic heterocycles. The van der Waals surface area contributed by atoms with Crippen LogP contribution in [0.15, 0.2) is 18.2 Å². The molecule has 1 nitrogen and oxygen atoms in total. The van der Waals surface area contributed by atoms with Crippen LogP contribution in [0.5, 0.6) is 0 Å². The Kier molecular flexibility index (Phi) is 1.44. The first kappa shape index (κ1) is 5.50. The molecule has 0 saturated heterocycles. The monoisotopic (exact) mass is 120 g/mol. The Morgan fingerprint density at radius 2 is 2.25 bits per heavy atom. The maximum absolute atomic E-state index is 4.09. The van der Waals surface area contributed by atoms with Gasteiger partial charge in [-0.1, -0.05) is 6.07 Å². The molecule has 0 bridgehead atoms. The van der Waals surface area contributed by atoms with Gasteiger partial charge in [0.2, 0.25) is 0 Å². The van der Waals surface area contributed by atoms with Crippen LogP contribution in [0.25, 0.3) is 0 Å². The van der Waals surface area contributed by atoms with Gasteiger partial charge in [0.1, 0.15) is 0 Å². The van der Waals surface area contributed by atoms with Gasteiger partial charge in [-0.05, 0) is 19.1 Å². The van der Waals surface area contributed by atoms with Crippen molar-refractivity contribution in [2.45, 2.75) is 6.92 Å². The average molecular weight is 120 g/mol. The molecule has 0 unspecified atom stereocenters. The van der Waals surface area contributed by atoms with Crippen molar-refractivity contribution in [3.05, 3.63) is 23.9 Å². The van der Waals surface area contributed by atoms with E-state index >= 15 is 0 Å². The van der Waals surface area contributed by atoms with Gasteiger partial charge in [-0.25, -0.2) is 0 Å². The number of nitrogens with zero attached hydrogens (tertiary/aromatic N) is 1. The molecule has 0 N–H and O–H groups in total. The van der Waals surface area contributed by atoms with Crippen LogP contribution in [-0.2, 0) is 0 Å². The fourth-order valence-corrected chi connectivity index (χ4v) is 0.816. The van der Waals surface area contributed by atoms with Crippen LogP contribution in [0.1, 0.15) is 5.69 Å². The lowest BCUT2D eigenvalue weighted by molar-refractivity contribution is 1.24. The molecule has 1 heterocycles. The molecule has 0 spiro atoms. The average Bonchev–Trinajstić information content (AvgIpc) is 1.64. The third kappa shape index (κ3) is 1.17. The summed E-state index contributed by atoms with van der Waals surface area (Å²) >= 11 is 0. The summed E-state index contributed by atoms with van der Waals surface area (Å²) in [6.45, 7) is 1.96. The molecule has 39 valence electrons. The van der Waals surface area contributed by atoms with E-state index in [0.717, 1.165) is 11.0 Å². The minimum Gasteiger partial charge on any atom is -0.264 e. The van der Waals surface area contributed by atoms with Crippen molar-refractivity contribution >= 4 is 15.6 Å². The Balaban J connectivity index is 3.08. The van der Waals surface area contributed by atoms with Crippen LogP contribution in [-0.4, -0.2) is 15.2 Å². The first-order valence-electron chi connectivity index (χ1n) is 2.44. The SMILES string of the molecule is Cc1cccc([Si])n1. The Hall–Kier alpha value is -0.633. The molecule has 0 amide bonds. The minimum atomic E-state index is 0.894. The summed E-state index contributed by atoms with van der Waals surface area (Å²) in [7, 11) is 3.30. The molecule has 0 atom stereocenters. The fourth-order valence-electron chi connectivity index (χ4n) is 0.543. The van der Waals surface area contributed by atoms with Crippen molar-refractivity contribution in [1.29, 1.82) is 0 Å². The second-order valence-corrected chi connectivity index (χ2v) is 2.18. The van der Waals surface area contributed by atoms with Gasteiger partial charge in [-0.3, -0.25) is 4.98 Å². The van der Waals surface area contributed by atoms with Crippen LogP contribution in [0.2, 0.25) is 0 Å². The Labute approximate surface area is 52.2 Å². The summed E-state index contributed by atoms with van der Waals surface area (Å²) in [5.74, 6) is 0. The summed E-state index contributed by atoms with van der Waals surface area (Å²) < 4.78 is 0. The topological polar surface area (TPSA) is 12.9 Å². The van der Waals surface area contributed by atoms with Gasteiger partial charge in [0.05, 0.1) is 10.2 Å². The quantitative estimate of drug-likeness (QED) is 0.445. The van der Waals surface area contributed by atoms with Gasteiger partial charge < -0.3 is 0 Å². The summed E-state index contributed by atoms with van der Waals surface area (Å²) in [6, 6.07) is 5.83. The number of hydrogen-bond acceptors (Lipinski definition) is 1. The highest BCUT2D eigenvalue weighted by atomic mass is 28.1. The minimum absolute atomic E-state index is 0.894. The lowest BCUT2D eigenvalue weighted by Gasteiger charge is -1.90. The Bertz CT molecular complexity index is 168. The van der Waals surface area contributed by atoms with Crippen molar-refractivity contribution < 1.29 is 0 Å². The van der Waals surface area contributed by atoms with Crippen molar-refractivity contribution in [1.82, 2.24) is 4.98 Å². The van der Waals surface area contributed by atoms with Gasteiger partial charge >= 0.3 is 0 Å². The Morgan fingerprint density at radius 3 is 2.62 bits per heavy atom. The number of rotatable bonds is 0. The van der Waals surface area contributed by atoms with E-state index in [4.69, 9.17) is 0 Å². The number of aryl methyl sites for hydroxylation is 1. The van der Waals surface area contributed by atoms with Crippen LogP contribution in [0, 0.1) is 6.92 Å². The first-order chi connectivity index (χ1) is 3.79. The smallest absolute Gasteiger partial charge is 0.0995 e. The van der Waals surface area contributed by atoms with Gasteiger partial charge in [-0.15, -0.1) is 0 Å². The first-order valence-corrected chi connectivity index (χ1v) is 2.94. The molecule has 0 aromatic carbocycles. The fraction of sp³-hybridized carbons (Fsp3) is 0.167. The molecule has 0 saturated carbocycles. The van der Waals surface area contributed by atoms with Crippen LogP contribution >= 0.6 is 0 Å². The van der Waals surface area contributed by atoms with Crippen molar-refractivity contribution in [2.24, 2.45) is 0 Å². The van der Waals surface area contributed by atoms with Gasteiger partial charge in [0, 0.05) is 11.0 Å². The second-order valence-electron chi connectivity index (χ2n) is 1.66. The highest BCUT2D eigenvalue weighted by Gasteiger charge is 1.82. The van der Waals surface area contributed by atoms with E-state index < -0.39 is 0 Å². The van der Waals surface area contributed by atoms with Crippen LogP contribution in [0.3, 0.4) is 0 Å². The van der Waals surface area contributed by atoms with E-state index in [-0.39, 0.29) is 0 Å². The number of aromatic nitrogens is 1. The van der Waals surface area contributed by atoms with E-state index in [1.807, 2.05) is 25.1 Å². The predicted molar refractivity (Wildman–Crippen MR) is 34.4 cm³/mol. The van der Waals surface area contributed by atoms with Crippen molar-refractivity contribution in [3.63, 3.8) is 0 Å².